The van der Waals surface area contributed by atoms with Crippen LogP contribution in [-0.2, 0) is 17.8 Å². The fourth-order valence-corrected chi connectivity index (χ4v) is 3.12. The van der Waals surface area contributed by atoms with E-state index in [9.17, 15) is 4.79 Å². The maximum Gasteiger partial charge on any atom is 0.226 e. The highest BCUT2D eigenvalue weighted by molar-refractivity contribution is 9.10. The predicted molar refractivity (Wildman–Crippen MR) is 92.5 cm³/mol. The number of rotatable bonds is 4. The summed E-state index contributed by atoms with van der Waals surface area (Å²) in [6, 6.07) is 13.3. The molecule has 0 unspecified atom stereocenters. The molecule has 120 valence electrons. The molecule has 3 heterocycles. The van der Waals surface area contributed by atoms with Crippen LogP contribution < -0.4 is 5.32 Å². The van der Waals surface area contributed by atoms with Gasteiger partial charge in [0.05, 0.1) is 18.7 Å². The number of pyridine rings is 1. The van der Waals surface area contributed by atoms with Gasteiger partial charge >= 0.3 is 0 Å². The molecule has 6 nitrogen and oxygen atoms in total. The Morgan fingerprint density at radius 2 is 2.00 bits per heavy atom. The van der Waals surface area contributed by atoms with Gasteiger partial charge in [0.1, 0.15) is 15.9 Å². The summed E-state index contributed by atoms with van der Waals surface area (Å²) in [5, 5.41) is 7.72. The molecule has 0 saturated carbocycles. The van der Waals surface area contributed by atoms with Crippen molar-refractivity contribution in [3.8, 4) is 0 Å². The fourth-order valence-electron chi connectivity index (χ4n) is 2.59. The van der Waals surface area contributed by atoms with Crippen molar-refractivity contribution in [3.63, 3.8) is 0 Å². The quantitative estimate of drug-likeness (QED) is 0.586. The van der Waals surface area contributed by atoms with Gasteiger partial charge in [-0.25, -0.2) is 4.98 Å². The zero-order chi connectivity index (χ0) is 16.5. The molecule has 0 atom stereocenters. The Morgan fingerprint density at radius 1 is 1.17 bits per heavy atom. The molecule has 7 heteroatoms. The Labute approximate surface area is 145 Å². The summed E-state index contributed by atoms with van der Waals surface area (Å²) in [5.41, 5.74) is 2.93. The summed E-state index contributed by atoms with van der Waals surface area (Å²) in [6.07, 6.45) is 2.08. The Bertz CT molecular complexity index is 1040. The number of para-hydroxylation sites is 1. The lowest BCUT2D eigenvalue weighted by Gasteiger charge is -2.02. The van der Waals surface area contributed by atoms with Crippen LogP contribution in [0.3, 0.4) is 0 Å². The van der Waals surface area contributed by atoms with Gasteiger partial charge in [0, 0.05) is 11.6 Å². The fraction of sp³-hybridized carbons (Fsp3) is 0.118. The molecule has 3 aromatic heterocycles. The smallest absolute Gasteiger partial charge is 0.226 e. The number of hydrogen-bond donors (Lipinski definition) is 1. The number of fused-ring (bicyclic) bond motifs is 2. The molecule has 0 aliphatic carbocycles. The van der Waals surface area contributed by atoms with Crippen molar-refractivity contribution in [1.29, 1.82) is 0 Å². The van der Waals surface area contributed by atoms with Crippen molar-refractivity contribution >= 4 is 38.5 Å². The number of hydrogen-bond acceptors (Lipinski definition) is 4. The van der Waals surface area contributed by atoms with Gasteiger partial charge in [0.25, 0.3) is 0 Å². The Kier molecular flexibility index (Phi) is 3.78. The zero-order valence-electron chi connectivity index (χ0n) is 12.6. The minimum Gasteiger partial charge on any atom is -0.356 e. The maximum absolute atomic E-state index is 12.2. The molecule has 1 N–H and O–H groups in total. The van der Waals surface area contributed by atoms with E-state index in [1.807, 2.05) is 53.1 Å². The van der Waals surface area contributed by atoms with Crippen LogP contribution in [0.1, 0.15) is 11.4 Å². The molecule has 4 rings (SSSR count). The van der Waals surface area contributed by atoms with Crippen molar-refractivity contribution in [2.75, 3.05) is 0 Å². The van der Waals surface area contributed by atoms with E-state index in [-0.39, 0.29) is 12.3 Å². The number of amides is 1. The third-order valence-corrected chi connectivity index (χ3v) is 4.61. The molecule has 0 radical (unpaired) electrons. The second kappa shape index (κ2) is 6.09. The lowest BCUT2D eigenvalue weighted by molar-refractivity contribution is -0.120. The SMILES string of the molecule is O=C(Cc1noc2ccccc12)NCc1nc2ccccn2c1Br. The number of benzene rings is 1. The molecule has 24 heavy (non-hydrogen) atoms. The van der Waals surface area contributed by atoms with Crippen molar-refractivity contribution in [2.45, 2.75) is 13.0 Å². The van der Waals surface area contributed by atoms with Crippen molar-refractivity contribution in [3.05, 3.63) is 64.7 Å². The van der Waals surface area contributed by atoms with Crippen LogP contribution in [0.25, 0.3) is 16.6 Å². The zero-order valence-corrected chi connectivity index (χ0v) is 14.2. The van der Waals surface area contributed by atoms with Crippen LogP contribution >= 0.6 is 15.9 Å². The summed E-state index contributed by atoms with van der Waals surface area (Å²) in [6.45, 7) is 0.344. The van der Waals surface area contributed by atoms with Crippen LogP contribution in [0.5, 0.6) is 0 Å². The summed E-state index contributed by atoms with van der Waals surface area (Å²) in [4.78, 5) is 16.7. The van der Waals surface area contributed by atoms with Gasteiger partial charge in [-0.1, -0.05) is 23.4 Å². The summed E-state index contributed by atoms with van der Waals surface area (Å²) in [5.74, 6) is -0.127. The molecule has 0 aliphatic heterocycles. The second-order valence-corrected chi connectivity index (χ2v) is 6.11. The Balaban J connectivity index is 1.47. The minimum atomic E-state index is -0.127. The van der Waals surface area contributed by atoms with E-state index in [4.69, 9.17) is 4.52 Å². The molecule has 1 amide bonds. The standard InChI is InChI=1S/C17H13BrN4O2/c18-17-13(20-15-7-3-4-8-22(15)17)10-19-16(23)9-12-11-5-1-2-6-14(11)24-21-12/h1-8H,9-10H2,(H,19,23). The molecule has 0 bridgehead atoms. The first-order valence-corrected chi connectivity index (χ1v) is 8.23. The molecular formula is C17H13BrN4O2. The highest BCUT2D eigenvalue weighted by atomic mass is 79.9. The Morgan fingerprint density at radius 3 is 2.88 bits per heavy atom. The number of nitrogens with zero attached hydrogens (tertiary/aromatic N) is 3. The van der Waals surface area contributed by atoms with Crippen molar-refractivity contribution in [1.82, 2.24) is 19.9 Å². The van der Waals surface area contributed by atoms with Crippen LogP contribution in [0.4, 0.5) is 0 Å². The van der Waals surface area contributed by atoms with Crippen molar-refractivity contribution in [2.24, 2.45) is 0 Å². The first-order valence-electron chi connectivity index (χ1n) is 7.44. The molecule has 0 spiro atoms. The molecule has 1 aromatic carbocycles. The number of halogens is 1. The minimum absolute atomic E-state index is 0.127. The van der Waals surface area contributed by atoms with Gasteiger partial charge in [-0.05, 0) is 40.2 Å². The van der Waals surface area contributed by atoms with E-state index in [1.165, 1.54) is 0 Å². The number of carbonyl (C=O) groups is 1. The summed E-state index contributed by atoms with van der Waals surface area (Å²) >= 11 is 3.52. The highest BCUT2D eigenvalue weighted by Gasteiger charge is 2.14. The number of carbonyl (C=O) groups excluding carboxylic acids is 1. The molecule has 0 aliphatic rings. The van der Waals surface area contributed by atoms with Gasteiger partial charge in [-0.2, -0.15) is 0 Å². The van der Waals surface area contributed by atoms with Crippen LogP contribution in [0, 0.1) is 0 Å². The van der Waals surface area contributed by atoms with Gasteiger partial charge in [0.15, 0.2) is 5.58 Å². The van der Waals surface area contributed by atoms with Crippen LogP contribution in [-0.4, -0.2) is 20.4 Å². The third kappa shape index (κ3) is 2.67. The van der Waals surface area contributed by atoms with Gasteiger partial charge in [-0.3, -0.25) is 9.20 Å². The highest BCUT2D eigenvalue weighted by Crippen LogP contribution is 2.20. The van der Waals surface area contributed by atoms with E-state index in [2.05, 4.69) is 31.4 Å². The summed E-state index contributed by atoms with van der Waals surface area (Å²) < 4.78 is 7.98. The summed E-state index contributed by atoms with van der Waals surface area (Å²) in [7, 11) is 0. The van der Waals surface area contributed by atoms with E-state index < -0.39 is 0 Å². The molecule has 4 aromatic rings. The van der Waals surface area contributed by atoms with E-state index >= 15 is 0 Å². The van der Waals surface area contributed by atoms with E-state index in [1.54, 1.807) is 0 Å². The van der Waals surface area contributed by atoms with Crippen LogP contribution in [0.15, 0.2) is 57.8 Å². The van der Waals surface area contributed by atoms with Crippen molar-refractivity contribution < 1.29 is 9.32 Å². The molecule has 0 fully saturated rings. The predicted octanol–water partition coefficient (Wildman–Crippen LogP) is 3.10. The topological polar surface area (TPSA) is 72.4 Å². The number of nitrogens with one attached hydrogen (secondary N) is 1. The average Bonchev–Trinajstić information content (AvgIpc) is 3.15. The Hall–Kier alpha value is -2.67. The van der Waals surface area contributed by atoms with E-state index in [0.29, 0.717) is 17.8 Å². The average molecular weight is 385 g/mol. The largest absolute Gasteiger partial charge is 0.356 e. The monoisotopic (exact) mass is 384 g/mol. The first kappa shape index (κ1) is 14.9. The molecular weight excluding hydrogens is 372 g/mol. The number of imidazole rings is 1. The van der Waals surface area contributed by atoms with Gasteiger partial charge in [0.2, 0.25) is 5.91 Å². The molecule has 0 saturated heterocycles. The second-order valence-electron chi connectivity index (χ2n) is 5.36. The van der Waals surface area contributed by atoms with Crippen LogP contribution in [0.2, 0.25) is 0 Å². The number of aromatic nitrogens is 3. The normalized spacial score (nSPS) is 11.2. The lowest BCUT2D eigenvalue weighted by Crippen LogP contribution is -2.25. The lowest BCUT2D eigenvalue weighted by atomic mass is 10.1. The third-order valence-electron chi connectivity index (χ3n) is 3.77. The van der Waals surface area contributed by atoms with Gasteiger partial charge in [-0.15, -0.1) is 0 Å². The van der Waals surface area contributed by atoms with Gasteiger partial charge < -0.3 is 9.84 Å². The van der Waals surface area contributed by atoms with E-state index in [0.717, 1.165) is 21.3 Å². The maximum atomic E-state index is 12.2. The first-order chi connectivity index (χ1) is 11.7.